The highest BCUT2D eigenvalue weighted by atomic mass is 32.2. The molecule has 0 radical (unpaired) electrons. The van der Waals surface area contributed by atoms with E-state index in [1.165, 1.54) is 18.4 Å². The maximum atomic E-state index is 11.6. The number of aldehydes is 1. The zero-order valence-corrected chi connectivity index (χ0v) is 18.5. The Labute approximate surface area is 179 Å². The van der Waals surface area contributed by atoms with Crippen LogP contribution >= 0.6 is 11.9 Å². The van der Waals surface area contributed by atoms with Gasteiger partial charge in [0.25, 0.3) is 0 Å². The first-order valence-corrected chi connectivity index (χ1v) is 11.7. The average molecular weight is 422 g/mol. The van der Waals surface area contributed by atoms with Crippen molar-refractivity contribution in [2.24, 2.45) is 5.92 Å². The molecule has 0 aromatic heterocycles. The lowest BCUT2D eigenvalue weighted by Gasteiger charge is -2.19. The van der Waals surface area contributed by atoms with Crippen LogP contribution in [0.2, 0.25) is 0 Å². The summed E-state index contributed by atoms with van der Waals surface area (Å²) in [6, 6.07) is 8.54. The van der Waals surface area contributed by atoms with Gasteiger partial charge in [-0.2, -0.15) is 0 Å². The molecule has 29 heavy (non-hydrogen) atoms. The van der Waals surface area contributed by atoms with Gasteiger partial charge in [0.05, 0.1) is 13.2 Å². The third kappa shape index (κ3) is 9.09. The van der Waals surface area contributed by atoms with E-state index in [4.69, 9.17) is 4.74 Å². The summed E-state index contributed by atoms with van der Waals surface area (Å²) in [6.45, 7) is 3.79. The normalized spacial score (nSPS) is 14.3. The molecule has 1 atom stereocenters. The van der Waals surface area contributed by atoms with Crippen LogP contribution in [0.15, 0.2) is 24.3 Å². The van der Waals surface area contributed by atoms with Gasteiger partial charge in [0, 0.05) is 25.4 Å². The number of nitrogens with one attached hydrogen (secondary N) is 2. The summed E-state index contributed by atoms with van der Waals surface area (Å²) in [6.07, 6.45) is 7.40. The monoisotopic (exact) mass is 421 g/mol. The molecule has 1 aliphatic carbocycles. The van der Waals surface area contributed by atoms with Crippen molar-refractivity contribution in [2.45, 2.75) is 51.5 Å². The van der Waals surface area contributed by atoms with E-state index < -0.39 is 0 Å². The van der Waals surface area contributed by atoms with Crippen LogP contribution in [-0.2, 0) is 4.79 Å². The van der Waals surface area contributed by atoms with E-state index in [2.05, 4.69) is 35.2 Å². The zero-order valence-electron chi connectivity index (χ0n) is 17.7. The molecule has 0 bridgehead atoms. The summed E-state index contributed by atoms with van der Waals surface area (Å²) in [7, 11) is 1.58. The minimum absolute atomic E-state index is 0.150. The minimum atomic E-state index is -0.192. The first kappa shape index (κ1) is 23.5. The minimum Gasteiger partial charge on any atom is -0.493 e. The van der Waals surface area contributed by atoms with E-state index in [1.807, 2.05) is 6.07 Å². The van der Waals surface area contributed by atoms with E-state index in [1.54, 1.807) is 23.9 Å². The van der Waals surface area contributed by atoms with Crippen LogP contribution in [0.25, 0.3) is 0 Å². The molecule has 1 aromatic carbocycles. The lowest BCUT2D eigenvalue weighted by molar-refractivity contribution is -0.108. The molecule has 1 aromatic rings. The highest BCUT2D eigenvalue weighted by molar-refractivity contribution is 7.97. The molecule has 6 nitrogen and oxygen atoms in total. The van der Waals surface area contributed by atoms with Crippen LogP contribution in [0.1, 0.15) is 57.1 Å². The van der Waals surface area contributed by atoms with Crippen LogP contribution in [0, 0.1) is 5.92 Å². The predicted octanol–water partition coefficient (Wildman–Crippen LogP) is 4.17. The molecule has 1 aliphatic rings. The lowest BCUT2D eigenvalue weighted by atomic mass is 10.1. The number of nitrogens with zero attached hydrogens (tertiary/aromatic N) is 1. The van der Waals surface area contributed by atoms with Crippen molar-refractivity contribution in [3.8, 4) is 5.75 Å². The Kier molecular flexibility index (Phi) is 11.0. The third-order valence-corrected chi connectivity index (χ3v) is 5.99. The summed E-state index contributed by atoms with van der Waals surface area (Å²) >= 11 is 1.75. The van der Waals surface area contributed by atoms with Crippen LogP contribution in [0.5, 0.6) is 5.75 Å². The van der Waals surface area contributed by atoms with Gasteiger partial charge < -0.3 is 19.7 Å². The first-order valence-electron chi connectivity index (χ1n) is 10.7. The van der Waals surface area contributed by atoms with Gasteiger partial charge in [0.1, 0.15) is 12.0 Å². The predicted molar refractivity (Wildman–Crippen MR) is 119 cm³/mol. The van der Waals surface area contributed by atoms with Crippen molar-refractivity contribution in [2.75, 3.05) is 32.5 Å². The van der Waals surface area contributed by atoms with Crippen molar-refractivity contribution in [3.63, 3.8) is 0 Å². The molecule has 1 saturated carbocycles. The first-order chi connectivity index (χ1) is 14.2. The largest absolute Gasteiger partial charge is 0.493 e. The fourth-order valence-corrected chi connectivity index (χ4v) is 4.01. The summed E-state index contributed by atoms with van der Waals surface area (Å²) in [5, 5.41) is 2.57. The Bertz CT molecular complexity index is 625. The lowest BCUT2D eigenvalue weighted by Crippen LogP contribution is -2.39. The number of rotatable bonds is 15. The fourth-order valence-electron chi connectivity index (χ4n) is 3.04. The van der Waals surface area contributed by atoms with E-state index in [9.17, 15) is 9.59 Å². The third-order valence-electron chi connectivity index (χ3n) is 5.05. The second-order valence-electron chi connectivity index (χ2n) is 7.48. The number of hydrogen-bond donors (Lipinski definition) is 2. The van der Waals surface area contributed by atoms with Gasteiger partial charge in [-0.15, -0.1) is 0 Å². The molecule has 7 heteroatoms. The molecule has 1 fully saturated rings. The van der Waals surface area contributed by atoms with Gasteiger partial charge in [-0.1, -0.05) is 37.4 Å². The average Bonchev–Trinajstić information content (AvgIpc) is 3.57. The number of hydrogen-bond acceptors (Lipinski definition) is 5. The van der Waals surface area contributed by atoms with Crippen LogP contribution < -0.4 is 14.8 Å². The molecule has 2 rings (SSSR count). The summed E-state index contributed by atoms with van der Waals surface area (Å²) < 4.78 is 9.49. The van der Waals surface area contributed by atoms with Crippen LogP contribution in [0.4, 0.5) is 4.79 Å². The van der Waals surface area contributed by atoms with Crippen molar-refractivity contribution < 1.29 is 14.3 Å². The molecule has 1 unspecified atom stereocenters. The molecule has 0 heterocycles. The number of benzene rings is 1. The number of unbranched alkanes of at least 4 members (excludes halogenated alkanes) is 2. The zero-order chi connectivity index (χ0) is 20.9. The summed E-state index contributed by atoms with van der Waals surface area (Å²) in [4.78, 5) is 23.9. The Morgan fingerprint density at radius 2 is 2.17 bits per heavy atom. The number of carbonyl (C=O) groups is 2. The van der Waals surface area contributed by atoms with Crippen molar-refractivity contribution in [1.29, 1.82) is 0 Å². The van der Waals surface area contributed by atoms with E-state index >= 15 is 0 Å². The number of urea groups is 1. The van der Waals surface area contributed by atoms with Crippen molar-refractivity contribution in [1.82, 2.24) is 14.9 Å². The van der Waals surface area contributed by atoms with Crippen molar-refractivity contribution >= 4 is 24.3 Å². The van der Waals surface area contributed by atoms with Crippen LogP contribution in [-0.4, -0.2) is 49.7 Å². The molecule has 0 aliphatic heterocycles. The van der Waals surface area contributed by atoms with Gasteiger partial charge in [0.2, 0.25) is 0 Å². The van der Waals surface area contributed by atoms with Gasteiger partial charge >= 0.3 is 6.03 Å². The molecule has 0 saturated heterocycles. The van der Waals surface area contributed by atoms with E-state index in [-0.39, 0.29) is 12.6 Å². The van der Waals surface area contributed by atoms with Crippen LogP contribution in [0.3, 0.4) is 0 Å². The second kappa shape index (κ2) is 13.5. The Morgan fingerprint density at radius 3 is 2.86 bits per heavy atom. The van der Waals surface area contributed by atoms with Crippen molar-refractivity contribution in [3.05, 3.63) is 29.8 Å². The topological polar surface area (TPSA) is 70.7 Å². The van der Waals surface area contributed by atoms with E-state index in [0.717, 1.165) is 56.0 Å². The van der Waals surface area contributed by atoms with E-state index in [0.29, 0.717) is 12.6 Å². The quantitative estimate of drug-likeness (QED) is 0.253. The Hall–Kier alpha value is -1.73. The fraction of sp³-hybridized carbons (Fsp3) is 0.636. The standard InChI is InChI=1S/C22H35N3O3S/c1-3-21(19-8-7-9-20(16-19)28-17-18-10-11-18)24-29-15-6-4-5-12-25(13-14-26)22(27)23-2/h7-9,14,16,18,21,24H,3-6,10-13,15,17H2,1-2H3,(H,23,27). The Morgan fingerprint density at radius 1 is 1.34 bits per heavy atom. The molecular formula is C22H35N3O3S. The highest BCUT2D eigenvalue weighted by Gasteiger charge is 2.22. The number of carbonyl (C=O) groups excluding carboxylic acids is 2. The highest BCUT2D eigenvalue weighted by Crippen LogP contribution is 2.30. The SMILES string of the molecule is CCC(NSCCCCCN(CC=O)C(=O)NC)c1cccc(OCC2CC2)c1. The Balaban J connectivity index is 1.63. The molecule has 0 spiro atoms. The molecule has 162 valence electrons. The van der Waals surface area contributed by atoms with Gasteiger partial charge in [-0.25, -0.2) is 4.79 Å². The van der Waals surface area contributed by atoms with Gasteiger partial charge in [-0.3, -0.25) is 4.72 Å². The molecule has 2 N–H and O–H groups in total. The number of amides is 2. The summed E-state index contributed by atoms with van der Waals surface area (Å²) in [5.74, 6) is 2.74. The second-order valence-corrected chi connectivity index (χ2v) is 8.42. The maximum absolute atomic E-state index is 11.6. The smallest absolute Gasteiger partial charge is 0.317 e. The maximum Gasteiger partial charge on any atom is 0.317 e. The number of ether oxygens (including phenoxy) is 1. The van der Waals surface area contributed by atoms with Gasteiger partial charge in [-0.05, 0) is 55.7 Å². The summed E-state index contributed by atoms with van der Waals surface area (Å²) in [5.41, 5.74) is 1.27. The molecular weight excluding hydrogens is 386 g/mol. The van der Waals surface area contributed by atoms with Gasteiger partial charge in [0.15, 0.2) is 0 Å². The molecule has 2 amide bonds.